The predicted octanol–water partition coefficient (Wildman–Crippen LogP) is 4.42. The molecule has 3 aromatic rings. The van der Waals surface area contributed by atoms with Crippen LogP contribution in [0.2, 0.25) is 0 Å². The molecule has 0 saturated heterocycles. The van der Waals surface area contributed by atoms with Crippen LogP contribution >= 0.6 is 0 Å². The molecule has 29 heavy (non-hydrogen) atoms. The van der Waals surface area contributed by atoms with Crippen LogP contribution in [0.15, 0.2) is 83.8 Å². The Balaban J connectivity index is 1.70. The van der Waals surface area contributed by atoms with Gasteiger partial charge in [0.25, 0.3) is 5.91 Å². The van der Waals surface area contributed by atoms with E-state index in [2.05, 4.69) is 10.0 Å². The van der Waals surface area contributed by atoms with Gasteiger partial charge in [0.15, 0.2) is 0 Å². The maximum atomic E-state index is 12.5. The van der Waals surface area contributed by atoms with Crippen molar-refractivity contribution in [3.8, 4) is 11.5 Å². The lowest BCUT2D eigenvalue weighted by Gasteiger charge is -2.11. The first-order valence-corrected chi connectivity index (χ1v) is 10.6. The Morgan fingerprint density at radius 3 is 2.17 bits per heavy atom. The summed E-state index contributed by atoms with van der Waals surface area (Å²) < 4.78 is 32.6. The van der Waals surface area contributed by atoms with Gasteiger partial charge in [0.05, 0.1) is 4.90 Å². The molecule has 0 aliphatic carbocycles. The fourth-order valence-corrected chi connectivity index (χ4v) is 3.88. The van der Waals surface area contributed by atoms with E-state index in [-0.39, 0.29) is 16.8 Å². The van der Waals surface area contributed by atoms with Crippen LogP contribution in [-0.2, 0) is 10.0 Å². The molecule has 3 rings (SSSR count). The van der Waals surface area contributed by atoms with E-state index in [0.29, 0.717) is 22.7 Å². The van der Waals surface area contributed by atoms with E-state index < -0.39 is 10.0 Å². The molecule has 0 aromatic heterocycles. The number of benzene rings is 3. The third-order valence-electron chi connectivity index (χ3n) is 3.89. The lowest BCUT2D eigenvalue weighted by Crippen LogP contribution is -2.30. The SMILES string of the molecule is CC(C)NS(=O)(=O)c1ccc(NC(=O)c2cccc(Oc3ccccc3)c2)cc1. The molecule has 2 N–H and O–H groups in total. The molecule has 0 bridgehead atoms. The second-order valence-corrected chi connectivity index (χ2v) is 8.41. The maximum Gasteiger partial charge on any atom is 0.255 e. The standard InChI is InChI=1S/C22H22N2O4S/c1-16(2)24-29(26,27)21-13-11-18(12-14-21)23-22(25)17-7-6-10-20(15-17)28-19-8-4-3-5-9-19/h3-16,24H,1-2H3,(H,23,25). The van der Waals surface area contributed by atoms with E-state index in [9.17, 15) is 13.2 Å². The van der Waals surface area contributed by atoms with Gasteiger partial charge in [0, 0.05) is 17.3 Å². The van der Waals surface area contributed by atoms with Gasteiger partial charge >= 0.3 is 0 Å². The number of sulfonamides is 1. The second kappa shape index (κ2) is 8.89. The topological polar surface area (TPSA) is 84.5 Å². The zero-order valence-corrected chi connectivity index (χ0v) is 16.9. The molecule has 0 aliphatic heterocycles. The predicted molar refractivity (Wildman–Crippen MR) is 113 cm³/mol. The number of para-hydroxylation sites is 1. The Morgan fingerprint density at radius 2 is 1.52 bits per heavy atom. The van der Waals surface area contributed by atoms with E-state index in [1.54, 1.807) is 50.2 Å². The van der Waals surface area contributed by atoms with Gasteiger partial charge in [-0.3, -0.25) is 4.79 Å². The van der Waals surface area contributed by atoms with Crippen molar-refractivity contribution in [2.75, 3.05) is 5.32 Å². The van der Waals surface area contributed by atoms with Crippen LogP contribution in [0.4, 0.5) is 5.69 Å². The highest BCUT2D eigenvalue weighted by atomic mass is 32.2. The number of anilines is 1. The summed E-state index contributed by atoms with van der Waals surface area (Å²) >= 11 is 0. The Bertz CT molecular complexity index is 1080. The lowest BCUT2D eigenvalue weighted by atomic mass is 10.2. The van der Waals surface area contributed by atoms with Gasteiger partial charge in [-0.2, -0.15) is 0 Å². The molecule has 3 aromatic carbocycles. The number of ether oxygens (including phenoxy) is 1. The number of carbonyl (C=O) groups is 1. The molecule has 6 nitrogen and oxygen atoms in total. The molecule has 0 radical (unpaired) electrons. The largest absolute Gasteiger partial charge is 0.457 e. The highest BCUT2D eigenvalue weighted by Gasteiger charge is 2.15. The highest BCUT2D eigenvalue weighted by Crippen LogP contribution is 2.22. The molecule has 0 fully saturated rings. The average Bonchev–Trinajstić information content (AvgIpc) is 2.68. The monoisotopic (exact) mass is 410 g/mol. The van der Waals surface area contributed by atoms with Crippen LogP contribution in [0.1, 0.15) is 24.2 Å². The number of hydrogen-bond donors (Lipinski definition) is 2. The Morgan fingerprint density at radius 1 is 0.862 bits per heavy atom. The Kier molecular flexibility index (Phi) is 6.31. The first-order valence-electron chi connectivity index (χ1n) is 9.10. The summed E-state index contributed by atoms with van der Waals surface area (Å²) in [6.07, 6.45) is 0. The van der Waals surface area contributed by atoms with Crippen molar-refractivity contribution in [2.24, 2.45) is 0 Å². The smallest absolute Gasteiger partial charge is 0.255 e. The van der Waals surface area contributed by atoms with Crippen LogP contribution < -0.4 is 14.8 Å². The third kappa shape index (κ3) is 5.66. The number of nitrogens with one attached hydrogen (secondary N) is 2. The molecule has 0 spiro atoms. The van der Waals surface area contributed by atoms with Gasteiger partial charge in [0.1, 0.15) is 11.5 Å². The molecular formula is C22H22N2O4S. The fraction of sp³-hybridized carbons (Fsp3) is 0.136. The maximum absolute atomic E-state index is 12.5. The quantitative estimate of drug-likeness (QED) is 0.604. The molecule has 0 unspecified atom stereocenters. The molecule has 0 saturated carbocycles. The van der Waals surface area contributed by atoms with Crippen molar-refractivity contribution < 1.29 is 17.9 Å². The van der Waals surface area contributed by atoms with Crippen LogP contribution in [0.25, 0.3) is 0 Å². The minimum Gasteiger partial charge on any atom is -0.457 e. The van der Waals surface area contributed by atoms with Crippen molar-refractivity contribution in [1.82, 2.24) is 4.72 Å². The molecule has 7 heteroatoms. The summed E-state index contributed by atoms with van der Waals surface area (Å²) in [5, 5.41) is 2.76. The molecule has 150 valence electrons. The minimum absolute atomic E-state index is 0.141. The van der Waals surface area contributed by atoms with Crippen molar-refractivity contribution in [3.63, 3.8) is 0 Å². The summed E-state index contributed by atoms with van der Waals surface area (Å²) in [6, 6.07) is 21.9. The van der Waals surface area contributed by atoms with Crippen molar-refractivity contribution in [2.45, 2.75) is 24.8 Å². The Hall–Kier alpha value is -3.16. The summed E-state index contributed by atoms with van der Waals surface area (Å²) in [5.74, 6) is 0.904. The first-order chi connectivity index (χ1) is 13.8. The zero-order chi connectivity index (χ0) is 20.9. The minimum atomic E-state index is -3.57. The van der Waals surface area contributed by atoms with Gasteiger partial charge in [-0.05, 0) is 68.4 Å². The van der Waals surface area contributed by atoms with Gasteiger partial charge in [-0.15, -0.1) is 0 Å². The van der Waals surface area contributed by atoms with E-state index in [1.807, 2.05) is 30.3 Å². The van der Waals surface area contributed by atoms with Crippen LogP contribution in [0.5, 0.6) is 11.5 Å². The second-order valence-electron chi connectivity index (χ2n) is 6.70. The molecule has 0 atom stereocenters. The summed E-state index contributed by atoms with van der Waals surface area (Å²) in [7, 11) is -3.57. The molecule has 0 aliphatic rings. The fourth-order valence-electron chi connectivity index (χ4n) is 2.62. The number of amides is 1. The van der Waals surface area contributed by atoms with Crippen LogP contribution in [-0.4, -0.2) is 20.4 Å². The average molecular weight is 410 g/mol. The van der Waals surface area contributed by atoms with Crippen molar-refractivity contribution in [3.05, 3.63) is 84.4 Å². The van der Waals surface area contributed by atoms with Crippen LogP contribution in [0, 0.1) is 0 Å². The summed E-state index contributed by atoms with van der Waals surface area (Å²) in [4.78, 5) is 12.7. The van der Waals surface area contributed by atoms with Crippen molar-refractivity contribution >= 4 is 21.6 Å². The Labute approximate surface area is 170 Å². The molecular weight excluding hydrogens is 388 g/mol. The highest BCUT2D eigenvalue weighted by molar-refractivity contribution is 7.89. The van der Waals surface area contributed by atoms with Crippen molar-refractivity contribution in [1.29, 1.82) is 0 Å². The lowest BCUT2D eigenvalue weighted by molar-refractivity contribution is 0.102. The van der Waals surface area contributed by atoms with E-state index >= 15 is 0 Å². The van der Waals surface area contributed by atoms with Gasteiger partial charge in [0.2, 0.25) is 10.0 Å². The van der Waals surface area contributed by atoms with Crippen LogP contribution in [0.3, 0.4) is 0 Å². The van der Waals surface area contributed by atoms with Gasteiger partial charge in [-0.25, -0.2) is 13.1 Å². The number of carbonyl (C=O) groups excluding carboxylic acids is 1. The zero-order valence-electron chi connectivity index (χ0n) is 16.1. The normalized spacial score (nSPS) is 11.3. The van der Waals surface area contributed by atoms with E-state index in [4.69, 9.17) is 4.74 Å². The summed E-state index contributed by atoms with van der Waals surface area (Å²) in [6.45, 7) is 3.50. The van der Waals surface area contributed by atoms with E-state index in [0.717, 1.165) is 0 Å². The molecule has 1 amide bonds. The number of hydrogen-bond acceptors (Lipinski definition) is 4. The third-order valence-corrected chi connectivity index (χ3v) is 5.56. The van der Waals surface area contributed by atoms with Gasteiger partial charge in [-0.1, -0.05) is 24.3 Å². The van der Waals surface area contributed by atoms with E-state index in [1.165, 1.54) is 12.1 Å². The van der Waals surface area contributed by atoms with Gasteiger partial charge < -0.3 is 10.1 Å². The number of rotatable bonds is 7. The molecule has 0 heterocycles. The first kappa shape index (κ1) is 20.6. The summed E-state index contributed by atoms with van der Waals surface area (Å²) in [5.41, 5.74) is 0.921.